The van der Waals surface area contributed by atoms with Gasteiger partial charge in [0.25, 0.3) is 0 Å². The molecule has 1 aliphatic heterocycles. The zero-order valence-corrected chi connectivity index (χ0v) is 27.7. The van der Waals surface area contributed by atoms with E-state index in [1.54, 1.807) is 4.68 Å². The lowest BCUT2D eigenvalue weighted by Crippen LogP contribution is -2.62. The van der Waals surface area contributed by atoms with Crippen molar-refractivity contribution < 1.29 is 19.2 Å². The highest BCUT2D eigenvalue weighted by Gasteiger charge is 2.48. The number of hydroxylamine groups is 2. The number of rotatable bonds is 14. The molecule has 2 unspecified atom stereocenters. The standard InChI is InChI=1S/C35H48N6O4/c1-8-20-35(31(42)36-33(44)37-32(35)43)21-12-15-29-23-40(39-38-29)22-26-16-18-27(19-17-26)25(4)45-41(34(5,6)7)30(24(2)3)28-13-10-9-11-14-28/h9-11,13-14,16-19,23-25,30H,8,12,15,20-22H2,1-7H3,(H2,36,37,42,43,44). The predicted octanol–water partition coefficient (Wildman–Crippen LogP) is 6.29. The maximum Gasteiger partial charge on any atom is 0.328 e. The average molecular weight is 617 g/mol. The van der Waals surface area contributed by atoms with Gasteiger partial charge in [-0.05, 0) is 76.0 Å². The molecule has 10 heteroatoms. The van der Waals surface area contributed by atoms with Gasteiger partial charge in [0.1, 0.15) is 11.5 Å². The van der Waals surface area contributed by atoms with Gasteiger partial charge in [0, 0.05) is 11.7 Å². The first-order chi connectivity index (χ1) is 21.3. The van der Waals surface area contributed by atoms with Crippen molar-refractivity contribution in [2.45, 2.75) is 105 Å². The van der Waals surface area contributed by atoms with Crippen LogP contribution >= 0.6 is 0 Å². The summed E-state index contributed by atoms with van der Waals surface area (Å²) in [5, 5.41) is 15.3. The number of nitrogens with one attached hydrogen (secondary N) is 2. The number of carbonyl (C=O) groups excluding carboxylic acids is 3. The van der Waals surface area contributed by atoms with Crippen molar-refractivity contribution in [3.63, 3.8) is 0 Å². The zero-order chi connectivity index (χ0) is 32.8. The molecule has 1 fully saturated rings. The summed E-state index contributed by atoms with van der Waals surface area (Å²) in [6, 6.07) is 18.3. The molecule has 0 radical (unpaired) electrons. The van der Waals surface area contributed by atoms with Gasteiger partial charge >= 0.3 is 6.03 Å². The molecule has 0 bridgehead atoms. The van der Waals surface area contributed by atoms with Crippen molar-refractivity contribution in [3.05, 3.63) is 83.2 Å². The fraction of sp³-hybridized carbons (Fsp3) is 0.514. The van der Waals surface area contributed by atoms with Crippen molar-refractivity contribution in [3.8, 4) is 0 Å². The van der Waals surface area contributed by atoms with Crippen molar-refractivity contribution >= 4 is 17.8 Å². The molecule has 0 saturated carbocycles. The first kappa shape index (κ1) is 34.0. The van der Waals surface area contributed by atoms with Crippen LogP contribution in [0.1, 0.15) is 109 Å². The van der Waals surface area contributed by atoms with Crippen LogP contribution in [0, 0.1) is 11.3 Å². The molecule has 2 heterocycles. The van der Waals surface area contributed by atoms with E-state index in [1.807, 2.05) is 19.2 Å². The number of aromatic nitrogens is 3. The summed E-state index contributed by atoms with van der Waals surface area (Å²) in [4.78, 5) is 43.5. The van der Waals surface area contributed by atoms with Gasteiger partial charge in [-0.15, -0.1) is 5.10 Å². The number of benzene rings is 2. The topological polar surface area (TPSA) is 118 Å². The van der Waals surface area contributed by atoms with Gasteiger partial charge in [-0.1, -0.05) is 87.0 Å². The Labute approximate surface area is 266 Å². The van der Waals surface area contributed by atoms with Crippen LogP contribution in [-0.4, -0.2) is 43.4 Å². The molecule has 2 aromatic carbocycles. The van der Waals surface area contributed by atoms with Gasteiger partial charge in [-0.2, -0.15) is 5.06 Å². The van der Waals surface area contributed by atoms with E-state index < -0.39 is 23.3 Å². The van der Waals surface area contributed by atoms with E-state index in [-0.39, 0.29) is 17.7 Å². The summed E-state index contributed by atoms with van der Waals surface area (Å²) >= 11 is 0. The second-order valence-corrected chi connectivity index (χ2v) is 13.4. The monoisotopic (exact) mass is 616 g/mol. The Morgan fingerprint density at radius 3 is 2.13 bits per heavy atom. The number of amides is 4. The molecule has 0 aliphatic carbocycles. The summed E-state index contributed by atoms with van der Waals surface area (Å²) in [6.45, 7) is 15.6. The summed E-state index contributed by atoms with van der Waals surface area (Å²) in [5.41, 5.74) is 2.74. The van der Waals surface area contributed by atoms with Crippen molar-refractivity contribution in [2.75, 3.05) is 0 Å². The number of imide groups is 2. The highest BCUT2D eigenvalue weighted by Crippen LogP contribution is 2.37. The largest absolute Gasteiger partial charge is 0.328 e. The van der Waals surface area contributed by atoms with E-state index >= 15 is 0 Å². The van der Waals surface area contributed by atoms with E-state index in [4.69, 9.17) is 4.84 Å². The van der Waals surface area contributed by atoms with Crippen LogP contribution in [0.5, 0.6) is 0 Å². The Balaban J connectivity index is 1.36. The third-order valence-corrected chi connectivity index (χ3v) is 8.37. The molecule has 2 atom stereocenters. The van der Waals surface area contributed by atoms with E-state index in [0.717, 1.165) is 16.8 Å². The minimum absolute atomic E-state index is 0.104. The molecule has 1 aromatic heterocycles. The van der Waals surface area contributed by atoms with Gasteiger partial charge < -0.3 is 0 Å². The van der Waals surface area contributed by atoms with Crippen LogP contribution in [0.2, 0.25) is 0 Å². The van der Waals surface area contributed by atoms with Crippen LogP contribution in [0.3, 0.4) is 0 Å². The first-order valence-corrected chi connectivity index (χ1v) is 16.0. The van der Waals surface area contributed by atoms with Crippen LogP contribution < -0.4 is 10.6 Å². The summed E-state index contributed by atoms with van der Waals surface area (Å²) in [5.74, 6) is -0.693. The van der Waals surface area contributed by atoms with E-state index in [9.17, 15) is 14.4 Å². The van der Waals surface area contributed by atoms with Crippen LogP contribution in [0.15, 0.2) is 60.8 Å². The highest BCUT2D eigenvalue weighted by molar-refractivity contribution is 6.19. The number of hydrogen-bond donors (Lipinski definition) is 2. The molecule has 1 saturated heterocycles. The van der Waals surface area contributed by atoms with Crippen LogP contribution in [-0.2, 0) is 27.4 Å². The molecule has 3 aromatic rings. The molecule has 1 aliphatic rings. The molecule has 10 nitrogen and oxygen atoms in total. The Kier molecular flexibility index (Phi) is 10.9. The quantitative estimate of drug-likeness (QED) is 0.161. The number of barbiturate groups is 1. The summed E-state index contributed by atoms with van der Waals surface area (Å²) in [7, 11) is 0. The van der Waals surface area contributed by atoms with Gasteiger partial charge in [-0.3, -0.25) is 25.1 Å². The second-order valence-electron chi connectivity index (χ2n) is 13.4. The van der Waals surface area contributed by atoms with Crippen molar-refractivity contribution in [2.24, 2.45) is 11.3 Å². The molecule has 4 rings (SSSR count). The average Bonchev–Trinajstić information content (AvgIpc) is 3.42. The maximum absolute atomic E-state index is 12.6. The first-order valence-electron chi connectivity index (χ1n) is 16.0. The third-order valence-electron chi connectivity index (χ3n) is 8.37. The number of nitrogens with zero attached hydrogens (tertiary/aromatic N) is 4. The van der Waals surface area contributed by atoms with Crippen LogP contribution in [0.4, 0.5) is 4.79 Å². The lowest BCUT2D eigenvalue weighted by molar-refractivity contribution is -0.272. The molecule has 45 heavy (non-hydrogen) atoms. The number of hydrogen-bond acceptors (Lipinski definition) is 7. The Hall–Kier alpha value is -3.89. The molecule has 4 amide bonds. The maximum atomic E-state index is 12.6. The van der Waals surface area contributed by atoms with E-state index in [1.165, 1.54) is 5.56 Å². The Morgan fingerprint density at radius 2 is 1.56 bits per heavy atom. The fourth-order valence-corrected chi connectivity index (χ4v) is 6.08. The van der Waals surface area contributed by atoms with Gasteiger partial charge in [-0.25, -0.2) is 9.48 Å². The molecular weight excluding hydrogens is 568 g/mol. The summed E-state index contributed by atoms with van der Waals surface area (Å²) < 4.78 is 1.79. The van der Waals surface area contributed by atoms with E-state index in [0.29, 0.717) is 44.6 Å². The van der Waals surface area contributed by atoms with Crippen LogP contribution in [0.25, 0.3) is 0 Å². The number of aryl methyl sites for hydroxylation is 1. The van der Waals surface area contributed by atoms with Gasteiger partial charge in [0.15, 0.2) is 0 Å². The second kappa shape index (κ2) is 14.5. The predicted molar refractivity (Wildman–Crippen MR) is 173 cm³/mol. The summed E-state index contributed by atoms with van der Waals surface area (Å²) in [6.07, 6.45) is 4.24. The van der Waals surface area contributed by atoms with E-state index in [2.05, 4.69) is 116 Å². The third kappa shape index (κ3) is 8.23. The Bertz CT molecular complexity index is 1420. The highest BCUT2D eigenvalue weighted by atomic mass is 16.7. The fourth-order valence-electron chi connectivity index (χ4n) is 6.08. The molecule has 242 valence electrons. The van der Waals surface area contributed by atoms with Gasteiger partial charge in [0.2, 0.25) is 11.8 Å². The zero-order valence-electron chi connectivity index (χ0n) is 27.7. The Morgan fingerprint density at radius 1 is 0.911 bits per heavy atom. The lowest BCUT2D eigenvalue weighted by Gasteiger charge is -2.44. The normalized spacial score (nSPS) is 16.5. The minimum atomic E-state index is -1.23. The lowest BCUT2D eigenvalue weighted by atomic mass is 9.76. The van der Waals surface area contributed by atoms with Crippen molar-refractivity contribution in [1.82, 2.24) is 30.7 Å². The number of urea groups is 1. The number of carbonyl (C=O) groups is 3. The smallest absolute Gasteiger partial charge is 0.290 e. The molecule has 2 N–H and O–H groups in total. The minimum Gasteiger partial charge on any atom is -0.290 e. The van der Waals surface area contributed by atoms with Crippen molar-refractivity contribution in [1.29, 1.82) is 0 Å². The van der Waals surface area contributed by atoms with Gasteiger partial charge in [0.05, 0.1) is 18.3 Å². The molecule has 0 spiro atoms. The SMILES string of the molecule is CCCC1(CCCc2cn(Cc3ccc(C(C)ON(C(c4ccccc4)C(C)C)C(C)(C)C)cc3)nn2)C(=O)NC(=O)NC1=O. The molecular formula is C35H48N6O4.